The lowest BCUT2D eigenvalue weighted by Gasteiger charge is -2.14. The molecule has 0 spiro atoms. The molecule has 0 heterocycles. The molecule has 12 nitrogen and oxygen atoms in total. The summed E-state index contributed by atoms with van der Waals surface area (Å²) in [6.07, 6.45) is 14.3. The Labute approximate surface area is 237 Å². The van der Waals surface area contributed by atoms with Gasteiger partial charge < -0.3 is 35.4 Å². The number of carboxylic acid groups (broad SMARTS) is 3. The van der Waals surface area contributed by atoms with Crippen molar-refractivity contribution >= 4 is 29.7 Å². The topological polar surface area (TPSA) is 189 Å². The largest absolute Gasteiger partial charge is 0.481 e. The van der Waals surface area contributed by atoms with Crippen molar-refractivity contribution in [2.75, 3.05) is 33.0 Å². The second-order valence-corrected chi connectivity index (χ2v) is 9.90. The summed E-state index contributed by atoms with van der Waals surface area (Å²) in [5.74, 6) is -3.63. The predicted molar refractivity (Wildman–Crippen MR) is 148 cm³/mol. The lowest BCUT2D eigenvalue weighted by atomic mass is 10.0. The van der Waals surface area contributed by atoms with E-state index in [-0.39, 0.29) is 63.9 Å². The first-order valence-electron chi connectivity index (χ1n) is 14.6. The zero-order valence-electron chi connectivity index (χ0n) is 23.8. The zero-order valence-corrected chi connectivity index (χ0v) is 23.8. The highest BCUT2D eigenvalue weighted by atomic mass is 16.5. The van der Waals surface area contributed by atoms with E-state index in [0.717, 1.165) is 38.5 Å². The molecule has 0 radical (unpaired) electrons. The molecule has 0 bridgehead atoms. The molecule has 5 N–H and O–H groups in total. The number of ether oxygens (including phenoxy) is 2. The molecule has 0 aromatic rings. The van der Waals surface area contributed by atoms with Gasteiger partial charge >= 0.3 is 17.9 Å². The van der Waals surface area contributed by atoms with E-state index in [9.17, 15) is 29.1 Å². The van der Waals surface area contributed by atoms with Crippen LogP contribution in [0.25, 0.3) is 0 Å². The molecule has 0 unspecified atom stereocenters. The molecule has 12 heteroatoms. The third kappa shape index (κ3) is 26.9. The second-order valence-electron chi connectivity index (χ2n) is 9.90. The van der Waals surface area contributed by atoms with E-state index < -0.39 is 30.6 Å². The predicted octanol–water partition coefficient (Wildman–Crippen LogP) is 3.51. The molecule has 232 valence electrons. The van der Waals surface area contributed by atoms with Crippen molar-refractivity contribution in [2.24, 2.45) is 0 Å². The molecule has 2 amide bonds. The Balaban J connectivity index is 3.68. The van der Waals surface area contributed by atoms with Crippen molar-refractivity contribution in [3.63, 3.8) is 0 Å². The fraction of sp³-hybridized carbons (Fsp3) is 0.821. The molecule has 0 aromatic heterocycles. The molecule has 40 heavy (non-hydrogen) atoms. The number of aliphatic carboxylic acids is 3. The van der Waals surface area contributed by atoms with Gasteiger partial charge in [-0.25, -0.2) is 9.59 Å². The molecule has 0 aliphatic heterocycles. The molecule has 0 saturated heterocycles. The monoisotopic (exact) mass is 574 g/mol. The Kier molecular flexibility index (Phi) is 24.7. The standard InChI is InChI=1S/C28H50N2O10/c31-24(29-18-19-39-20-21-40-22-27(35)36)17-16-23(28(37)38)30-25(32)14-12-10-8-6-4-2-1-3-5-7-9-11-13-15-26(33)34/h23H,1-22H2,(H,29,31)(H,30,32)(H,33,34)(H,35,36)(H,37,38)/t23-/m0/s1. The molecular weight excluding hydrogens is 524 g/mol. The molecule has 1 atom stereocenters. The van der Waals surface area contributed by atoms with Crippen LogP contribution < -0.4 is 10.6 Å². The van der Waals surface area contributed by atoms with Crippen molar-refractivity contribution in [1.29, 1.82) is 0 Å². The van der Waals surface area contributed by atoms with Gasteiger partial charge in [-0.3, -0.25) is 14.4 Å². The van der Waals surface area contributed by atoms with Gasteiger partial charge in [0, 0.05) is 25.8 Å². The Morgan fingerprint density at radius 1 is 0.550 bits per heavy atom. The highest BCUT2D eigenvalue weighted by Gasteiger charge is 2.20. The molecule has 0 aliphatic carbocycles. The average molecular weight is 575 g/mol. The first-order chi connectivity index (χ1) is 19.2. The van der Waals surface area contributed by atoms with Gasteiger partial charge in [0.2, 0.25) is 11.8 Å². The normalized spacial score (nSPS) is 11.6. The van der Waals surface area contributed by atoms with Gasteiger partial charge in [-0.1, -0.05) is 70.6 Å². The SMILES string of the molecule is O=C(O)CCCCCCCCCCCCCCCC(=O)N[C@@H](CCC(=O)NCCOCCOCC(=O)O)C(=O)O. The van der Waals surface area contributed by atoms with Crippen LogP contribution in [0.4, 0.5) is 0 Å². The van der Waals surface area contributed by atoms with Crippen LogP contribution in [-0.4, -0.2) is 84.1 Å². The van der Waals surface area contributed by atoms with E-state index in [4.69, 9.17) is 19.7 Å². The minimum Gasteiger partial charge on any atom is -0.481 e. The number of hydrogen-bond donors (Lipinski definition) is 5. The summed E-state index contributed by atoms with van der Waals surface area (Å²) in [6.45, 7) is 0.351. The van der Waals surface area contributed by atoms with Gasteiger partial charge in [0.05, 0.1) is 19.8 Å². The maximum atomic E-state index is 12.1. The Morgan fingerprint density at radius 2 is 1.05 bits per heavy atom. The minimum atomic E-state index is -1.18. The number of rotatable bonds is 29. The van der Waals surface area contributed by atoms with E-state index in [0.29, 0.717) is 6.42 Å². The number of carbonyl (C=O) groups is 5. The summed E-state index contributed by atoms with van der Waals surface area (Å²) in [4.78, 5) is 56.3. The number of hydrogen-bond acceptors (Lipinski definition) is 7. The Bertz CT molecular complexity index is 717. The highest BCUT2D eigenvalue weighted by molar-refractivity contribution is 5.84. The number of amides is 2. The maximum absolute atomic E-state index is 12.1. The van der Waals surface area contributed by atoms with Crippen LogP contribution in [0.1, 0.15) is 109 Å². The fourth-order valence-electron chi connectivity index (χ4n) is 4.04. The third-order valence-corrected chi connectivity index (χ3v) is 6.25. The van der Waals surface area contributed by atoms with Crippen LogP contribution in [-0.2, 0) is 33.4 Å². The van der Waals surface area contributed by atoms with Crippen LogP contribution in [0.3, 0.4) is 0 Å². The van der Waals surface area contributed by atoms with Gasteiger partial charge in [-0.15, -0.1) is 0 Å². The Morgan fingerprint density at radius 3 is 1.55 bits per heavy atom. The Hall–Kier alpha value is -2.73. The number of nitrogens with one attached hydrogen (secondary N) is 2. The van der Waals surface area contributed by atoms with Crippen molar-refractivity contribution in [2.45, 2.75) is 115 Å². The lowest BCUT2D eigenvalue weighted by molar-refractivity contribution is -0.143. The van der Waals surface area contributed by atoms with Crippen LogP contribution in [0.15, 0.2) is 0 Å². The summed E-state index contributed by atoms with van der Waals surface area (Å²) in [5, 5.41) is 31.5. The summed E-state index contributed by atoms with van der Waals surface area (Å²) in [7, 11) is 0. The zero-order chi connectivity index (χ0) is 29.8. The fourth-order valence-corrected chi connectivity index (χ4v) is 4.04. The quantitative estimate of drug-likeness (QED) is 0.0827. The van der Waals surface area contributed by atoms with Crippen LogP contribution in [0.5, 0.6) is 0 Å². The van der Waals surface area contributed by atoms with Crippen molar-refractivity contribution in [3.05, 3.63) is 0 Å². The van der Waals surface area contributed by atoms with E-state index in [1.54, 1.807) is 0 Å². The van der Waals surface area contributed by atoms with Gasteiger partial charge in [0.15, 0.2) is 0 Å². The minimum absolute atomic E-state index is 0.0124. The summed E-state index contributed by atoms with van der Waals surface area (Å²) < 4.78 is 10.00. The lowest BCUT2D eigenvalue weighted by Crippen LogP contribution is -2.41. The molecule has 0 saturated carbocycles. The van der Waals surface area contributed by atoms with Crippen molar-refractivity contribution < 1.29 is 48.8 Å². The molecule has 0 aromatic carbocycles. The molecular formula is C28H50N2O10. The third-order valence-electron chi connectivity index (χ3n) is 6.25. The van der Waals surface area contributed by atoms with E-state index >= 15 is 0 Å². The summed E-state index contributed by atoms with van der Waals surface area (Å²) >= 11 is 0. The molecule has 0 rings (SSSR count). The highest BCUT2D eigenvalue weighted by Crippen LogP contribution is 2.13. The smallest absolute Gasteiger partial charge is 0.329 e. The number of carboxylic acids is 3. The second kappa shape index (κ2) is 26.5. The first kappa shape index (κ1) is 37.3. The number of unbranched alkanes of at least 4 members (excludes halogenated alkanes) is 12. The van der Waals surface area contributed by atoms with E-state index in [1.807, 2.05) is 0 Å². The number of carbonyl (C=O) groups excluding carboxylic acids is 2. The van der Waals surface area contributed by atoms with E-state index in [1.165, 1.54) is 38.5 Å². The first-order valence-corrected chi connectivity index (χ1v) is 14.6. The average Bonchev–Trinajstić information content (AvgIpc) is 2.89. The summed E-state index contributed by atoms with van der Waals surface area (Å²) in [6, 6.07) is -1.12. The molecule has 0 aliphatic rings. The maximum Gasteiger partial charge on any atom is 0.329 e. The van der Waals surface area contributed by atoms with E-state index in [2.05, 4.69) is 10.6 Å². The van der Waals surface area contributed by atoms with Crippen molar-refractivity contribution in [1.82, 2.24) is 10.6 Å². The molecule has 0 fully saturated rings. The van der Waals surface area contributed by atoms with Crippen LogP contribution >= 0.6 is 0 Å². The van der Waals surface area contributed by atoms with Gasteiger partial charge in [-0.2, -0.15) is 0 Å². The van der Waals surface area contributed by atoms with Gasteiger partial charge in [0.1, 0.15) is 12.6 Å². The summed E-state index contributed by atoms with van der Waals surface area (Å²) in [5.41, 5.74) is 0. The van der Waals surface area contributed by atoms with Crippen LogP contribution in [0, 0.1) is 0 Å². The van der Waals surface area contributed by atoms with Crippen LogP contribution in [0.2, 0.25) is 0 Å². The van der Waals surface area contributed by atoms with Gasteiger partial charge in [-0.05, 0) is 19.3 Å². The van der Waals surface area contributed by atoms with Gasteiger partial charge in [0.25, 0.3) is 0 Å². The van der Waals surface area contributed by atoms with Crippen molar-refractivity contribution in [3.8, 4) is 0 Å².